The van der Waals surface area contributed by atoms with Crippen LogP contribution in [-0.2, 0) is 35.3 Å². The molecule has 0 amide bonds. The molecule has 4 aromatic rings. The minimum Gasteiger partial charge on any atom is -0.299 e. The summed E-state index contributed by atoms with van der Waals surface area (Å²) in [5.74, 6) is 0.874. The van der Waals surface area contributed by atoms with Gasteiger partial charge in [0.1, 0.15) is 11.6 Å². The van der Waals surface area contributed by atoms with Crippen molar-refractivity contribution in [1.29, 1.82) is 10.5 Å². The van der Waals surface area contributed by atoms with Crippen LogP contribution in [0.5, 0.6) is 0 Å². The highest BCUT2D eigenvalue weighted by Crippen LogP contribution is 2.39. The van der Waals surface area contributed by atoms with Gasteiger partial charge in [-0.2, -0.15) is 30.9 Å². The van der Waals surface area contributed by atoms with E-state index in [4.69, 9.17) is 10.5 Å². The second-order valence-corrected chi connectivity index (χ2v) is 11.5. The lowest BCUT2D eigenvalue weighted by Gasteiger charge is -2.28. The molecule has 1 fully saturated rings. The van der Waals surface area contributed by atoms with Crippen molar-refractivity contribution in [3.63, 3.8) is 0 Å². The van der Waals surface area contributed by atoms with E-state index < -0.39 is 0 Å². The summed E-state index contributed by atoms with van der Waals surface area (Å²) in [7, 11) is 0. The molecule has 44 heavy (non-hydrogen) atoms. The monoisotopic (exact) mass is 582 g/mol. The topological polar surface area (TPSA) is 133 Å². The first-order chi connectivity index (χ1) is 21.5. The Morgan fingerprint density at radius 3 is 1.41 bits per heavy atom. The third kappa shape index (κ3) is 8.49. The lowest BCUT2D eigenvalue weighted by molar-refractivity contribution is -0.119. The first kappa shape index (κ1) is 30.4. The van der Waals surface area contributed by atoms with Crippen molar-refractivity contribution < 1.29 is 9.59 Å². The number of carbonyl (C=O) groups excluding carboxylic acids is 2. The number of hydrogen-bond acceptors (Lipinski definition) is 8. The van der Waals surface area contributed by atoms with Crippen molar-refractivity contribution in [2.75, 3.05) is 0 Å². The Balaban J connectivity index is 1.07. The second-order valence-electron chi connectivity index (χ2n) is 11.5. The van der Waals surface area contributed by atoms with E-state index in [9.17, 15) is 9.59 Å². The molecule has 2 unspecified atom stereocenters. The molecule has 2 aromatic heterocycles. The molecule has 0 radical (unpaired) electrons. The number of hydrogen-bond donors (Lipinski definition) is 0. The Bertz CT molecular complexity index is 1530. The van der Waals surface area contributed by atoms with Crippen LogP contribution in [0.25, 0.3) is 0 Å². The van der Waals surface area contributed by atoms with Gasteiger partial charge in [0, 0.05) is 37.5 Å². The normalized spacial score (nSPS) is 16.0. The minimum absolute atomic E-state index is 0.137. The van der Waals surface area contributed by atoms with Crippen molar-refractivity contribution >= 4 is 11.6 Å². The first-order valence-electron chi connectivity index (χ1n) is 15.2. The van der Waals surface area contributed by atoms with Gasteiger partial charge in [0.05, 0.1) is 46.0 Å². The predicted octanol–water partition coefficient (Wildman–Crippen LogP) is 5.94. The highest BCUT2D eigenvalue weighted by molar-refractivity contribution is 5.81. The van der Waals surface area contributed by atoms with E-state index >= 15 is 0 Å². The van der Waals surface area contributed by atoms with E-state index in [-0.39, 0.29) is 11.6 Å². The van der Waals surface area contributed by atoms with E-state index in [1.54, 1.807) is 24.3 Å². The Labute approximate surface area is 257 Å². The molecule has 0 N–H and O–H groups in total. The molecule has 1 aliphatic rings. The number of aromatic nitrogens is 4. The highest BCUT2D eigenvalue weighted by atomic mass is 16.1. The van der Waals surface area contributed by atoms with E-state index in [1.807, 2.05) is 48.5 Å². The number of nitrogens with zero attached hydrogens (tertiary/aromatic N) is 6. The number of benzene rings is 2. The molecule has 8 nitrogen and oxygen atoms in total. The Hall–Kier alpha value is -5.08. The van der Waals surface area contributed by atoms with E-state index in [0.29, 0.717) is 61.5 Å². The zero-order valence-electron chi connectivity index (χ0n) is 24.7. The zero-order valence-corrected chi connectivity index (χ0v) is 24.7. The van der Waals surface area contributed by atoms with Gasteiger partial charge in [0.25, 0.3) is 0 Å². The number of Topliss-reactive ketones (excluding diaryl/α,β-unsaturated/α-hetero) is 2. The molecule has 1 aliphatic carbocycles. The summed E-state index contributed by atoms with van der Waals surface area (Å²) >= 11 is 0. The maximum Gasteiger partial charge on any atom is 0.137 e. The van der Waals surface area contributed by atoms with Crippen molar-refractivity contribution in [2.45, 2.75) is 76.0 Å². The molecule has 0 bridgehead atoms. The standard InChI is InChI=1S/C36H34N6O2/c37-23-27-8-4-25(5-9-27)20-33(43)16-12-31-14-18-35(41-39-31)29-2-1-3-30(22-29)36-19-15-32(40-42-36)13-17-34(44)21-26-6-10-28(24-38)11-7-26/h4-11,14-15,18-19,29-30H,1-3,12-13,16-17,20-22H2. The molecule has 2 atom stereocenters. The van der Waals surface area contributed by atoms with Gasteiger partial charge in [-0.3, -0.25) is 9.59 Å². The maximum atomic E-state index is 12.5. The maximum absolute atomic E-state index is 12.5. The fourth-order valence-electron chi connectivity index (χ4n) is 5.73. The van der Waals surface area contributed by atoms with Gasteiger partial charge in [0.15, 0.2) is 0 Å². The summed E-state index contributed by atoms with van der Waals surface area (Å²) in [6.07, 6.45) is 6.74. The summed E-state index contributed by atoms with van der Waals surface area (Å²) in [5.41, 5.74) is 6.58. The summed E-state index contributed by atoms with van der Waals surface area (Å²) in [6, 6.07) is 26.5. The van der Waals surface area contributed by atoms with Crippen LogP contribution in [0.3, 0.4) is 0 Å². The van der Waals surface area contributed by atoms with Crippen molar-refractivity contribution in [3.8, 4) is 12.1 Å². The van der Waals surface area contributed by atoms with E-state index in [0.717, 1.165) is 59.6 Å². The fraction of sp³-hybridized carbons (Fsp3) is 0.333. The molecule has 0 spiro atoms. The fourth-order valence-corrected chi connectivity index (χ4v) is 5.73. The molecule has 0 aliphatic heterocycles. The molecular formula is C36H34N6O2. The highest BCUT2D eigenvalue weighted by Gasteiger charge is 2.27. The molecular weight excluding hydrogens is 548 g/mol. The van der Waals surface area contributed by atoms with Crippen LogP contribution < -0.4 is 0 Å². The third-order valence-corrected chi connectivity index (χ3v) is 8.28. The third-order valence-electron chi connectivity index (χ3n) is 8.28. The van der Waals surface area contributed by atoms with Crippen molar-refractivity contribution in [1.82, 2.24) is 20.4 Å². The second kappa shape index (κ2) is 14.9. The van der Waals surface area contributed by atoms with Crippen LogP contribution in [0, 0.1) is 22.7 Å². The molecule has 5 rings (SSSR count). The molecule has 0 saturated heterocycles. The van der Waals surface area contributed by atoms with Crippen LogP contribution in [0.2, 0.25) is 0 Å². The first-order valence-corrected chi connectivity index (χ1v) is 15.2. The number of ketones is 2. The van der Waals surface area contributed by atoms with Crippen LogP contribution in [0.4, 0.5) is 0 Å². The van der Waals surface area contributed by atoms with Crippen LogP contribution in [0.1, 0.15) is 95.4 Å². The summed E-state index contributed by atoms with van der Waals surface area (Å²) in [4.78, 5) is 24.9. The predicted molar refractivity (Wildman–Crippen MR) is 164 cm³/mol. The molecule has 2 heterocycles. The van der Waals surface area contributed by atoms with Gasteiger partial charge in [-0.15, -0.1) is 0 Å². The van der Waals surface area contributed by atoms with Gasteiger partial charge in [-0.05, 0) is 91.8 Å². The lowest BCUT2D eigenvalue weighted by Crippen LogP contribution is -2.16. The van der Waals surface area contributed by atoms with E-state index in [1.165, 1.54) is 0 Å². The SMILES string of the molecule is N#Cc1ccc(CC(=O)CCc2ccc(C3CCCC(c4ccc(CCC(=O)Cc5ccc(C#N)cc5)nn4)C3)nn2)cc1. The molecule has 220 valence electrons. The van der Waals surface area contributed by atoms with Crippen LogP contribution in [0.15, 0.2) is 72.8 Å². The largest absolute Gasteiger partial charge is 0.299 e. The van der Waals surface area contributed by atoms with Crippen LogP contribution in [-0.4, -0.2) is 32.0 Å². The quantitative estimate of drug-likeness (QED) is 0.200. The van der Waals surface area contributed by atoms with Gasteiger partial charge in [0.2, 0.25) is 0 Å². The number of rotatable bonds is 12. The van der Waals surface area contributed by atoms with Crippen molar-refractivity contribution in [2.24, 2.45) is 0 Å². The van der Waals surface area contributed by atoms with Gasteiger partial charge in [-0.25, -0.2) is 0 Å². The summed E-state index contributed by atoms with van der Waals surface area (Å²) in [6.45, 7) is 0. The van der Waals surface area contributed by atoms with E-state index in [2.05, 4.69) is 32.5 Å². The smallest absolute Gasteiger partial charge is 0.137 e. The average Bonchev–Trinajstić information content (AvgIpc) is 3.07. The van der Waals surface area contributed by atoms with Gasteiger partial charge >= 0.3 is 0 Å². The number of carbonyl (C=O) groups is 2. The van der Waals surface area contributed by atoms with Gasteiger partial charge < -0.3 is 0 Å². The Morgan fingerprint density at radius 1 is 0.614 bits per heavy atom. The van der Waals surface area contributed by atoms with Crippen LogP contribution >= 0.6 is 0 Å². The summed E-state index contributed by atoms with van der Waals surface area (Å²) < 4.78 is 0. The molecule has 2 aromatic carbocycles. The zero-order chi connectivity index (χ0) is 30.7. The Morgan fingerprint density at radius 2 is 1.05 bits per heavy atom. The molecule has 1 saturated carbocycles. The number of nitriles is 2. The number of aryl methyl sites for hydroxylation is 2. The van der Waals surface area contributed by atoms with Gasteiger partial charge in [-0.1, -0.05) is 30.7 Å². The summed E-state index contributed by atoms with van der Waals surface area (Å²) in [5, 5.41) is 35.8. The average molecular weight is 583 g/mol. The molecule has 8 heteroatoms. The Kier molecular flexibility index (Phi) is 10.3. The minimum atomic E-state index is 0.137. The van der Waals surface area contributed by atoms with Crippen molar-refractivity contribution in [3.05, 3.63) is 118 Å². The lowest BCUT2D eigenvalue weighted by atomic mass is 9.78.